The summed E-state index contributed by atoms with van der Waals surface area (Å²) in [6.45, 7) is 2.60. The molecule has 0 aromatic heterocycles. The number of aliphatic hydroxyl groups excluding tert-OH is 2. The molecule has 0 heterocycles. The van der Waals surface area contributed by atoms with Crippen LogP contribution < -0.4 is 5.32 Å². The summed E-state index contributed by atoms with van der Waals surface area (Å²) < 4.78 is 0. The molecular weight excluding hydrogens is 238 g/mol. The van der Waals surface area contributed by atoms with Crippen molar-refractivity contribution in [3.05, 3.63) is 48.0 Å². The smallest absolute Gasteiger partial charge is 0.0959 e. The van der Waals surface area contributed by atoms with Crippen LogP contribution in [0, 0.1) is 0 Å². The average molecular weight is 263 g/mol. The highest BCUT2D eigenvalue weighted by atomic mass is 16.3. The molecule has 1 rings (SSSR count). The van der Waals surface area contributed by atoms with E-state index in [1.165, 1.54) is 5.56 Å². The monoisotopic (exact) mass is 263 g/mol. The lowest BCUT2D eigenvalue weighted by Gasteiger charge is -2.19. The predicted octanol–water partition coefficient (Wildman–Crippen LogP) is 2.24. The lowest BCUT2D eigenvalue weighted by Crippen LogP contribution is -2.40. The van der Waals surface area contributed by atoms with Gasteiger partial charge in [-0.3, -0.25) is 0 Å². The molecule has 0 aliphatic rings. The molecule has 3 nitrogen and oxygen atoms in total. The fourth-order valence-corrected chi connectivity index (χ4v) is 1.84. The van der Waals surface area contributed by atoms with Crippen molar-refractivity contribution in [2.24, 2.45) is 0 Å². The van der Waals surface area contributed by atoms with Gasteiger partial charge in [0.2, 0.25) is 0 Å². The molecule has 0 fully saturated rings. The quantitative estimate of drug-likeness (QED) is 0.473. The number of benzene rings is 1. The fraction of sp³-hybridized carbons (Fsp3) is 0.500. The Bertz CT molecular complexity index is 351. The van der Waals surface area contributed by atoms with Crippen molar-refractivity contribution >= 4 is 0 Å². The molecule has 19 heavy (non-hydrogen) atoms. The standard InChI is InChI=1S/C16H25NO2/c1-2-3-4-8-11-15(16(19)13-18)17-12-14-9-6-5-7-10-14/h5-11,15-19H,2-4,12-13H2,1H3/b11-8+. The second-order valence-corrected chi connectivity index (χ2v) is 4.71. The summed E-state index contributed by atoms with van der Waals surface area (Å²) in [5.41, 5.74) is 1.17. The van der Waals surface area contributed by atoms with Gasteiger partial charge in [-0.1, -0.05) is 62.2 Å². The van der Waals surface area contributed by atoms with Gasteiger partial charge in [0, 0.05) is 6.54 Å². The molecule has 0 bridgehead atoms. The summed E-state index contributed by atoms with van der Waals surface area (Å²) in [4.78, 5) is 0. The molecule has 0 saturated carbocycles. The van der Waals surface area contributed by atoms with Gasteiger partial charge in [-0.25, -0.2) is 0 Å². The Labute approximate surface area is 116 Å². The van der Waals surface area contributed by atoms with Crippen molar-refractivity contribution < 1.29 is 10.2 Å². The molecule has 0 aliphatic carbocycles. The summed E-state index contributed by atoms with van der Waals surface area (Å²) in [6.07, 6.45) is 6.59. The molecule has 0 saturated heterocycles. The Morgan fingerprint density at radius 3 is 2.63 bits per heavy atom. The number of hydrogen-bond acceptors (Lipinski definition) is 3. The maximum atomic E-state index is 9.79. The topological polar surface area (TPSA) is 52.5 Å². The summed E-state index contributed by atoms with van der Waals surface area (Å²) in [5.74, 6) is 0. The van der Waals surface area contributed by atoms with Gasteiger partial charge >= 0.3 is 0 Å². The average Bonchev–Trinajstić information content (AvgIpc) is 2.47. The zero-order valence-electron chi connectivity index (χ0n) is 11.6. The van der Waals surface area contributed by atoms with Crippen LogP contribution in [0.1, 0.15) is 31.7 Å². The Morgan fingerprint density at radius 2 is 2.00 bits per heavy atom. The largest absolute Gasteiger partial charge is 0.394 e. The zero-order chi connectivity index (χ0) is 13.9. The van der Waals surface area contributed by atoms with Gasteiger partial charge in [-0.2, -0.15) is 0 Å². The van der Waals surface area contributed by atoms with Crippen LogP contribution in [-0.4, -0.2) is 29.0 Å². The Kier molecular flexibility index (Phi) is 8.14. The van der Waals surface area contributed by atoms with E-state index in [1.807, 2.05) is 36.4 Å². The Hall–Kier alpha value is -1.16. The van der Waals surface area contributed by atoms with Gasteiger partial charge in [-0.15, -0.1) is 0 Å². The van der Waals surface area contributed by atoms with Crippen molar-refractivity contribution in [3.8, 4) is 0 Å². The van der Waals surface area contributed by atoms with E-state index in [0.717, 1.165) is 19.3 Å². The van der Waals surface area contributed by atoms with E-state index >= 15 is 0 Å². The van der Waals surface area contributed by atoms with Crippen LogP contribution in [0.4, 0.5) is 0 Å². The predicted molar refractivity (Wildman–Crippen MR) is 78.8 cm³/mol. The minimum atomic E-state index is -0.762. The highest BCUT2D eigenvalue weighted by molar-refractivity contribution is 5.14. The van der Waals surface area contributed by atoms with Crippen molar-refractivity contribution in [1.29, 1.82) is 0 Å². The van der Waals surface area contributed by atoms with E-state index < -0.39 is 6.10 Å². The third kappa shape index (κ3) is 6.53. The summed E-state index contributed by atoms with van der Waals surface area (Å²) in [7, 11) is 0. The first-order chi connectivity index (χ1) is 9.27. The van der Waals surface area contributed by atoms with E-state index in [1.54, 1.807) is 0 Å². The molecule has 0 radical (unpaired) electrons. The fourth-order valence-electron chi connectivity index (χ4n) is 1.84. The van der Waals surface area contributed by atoms with E-state index in [2.05, 4.69) is 18.3 Å². The van der Waals surface area contributed by atoms with Gasteiger partial charge < -0.3 is 15.5 Å². The number of rotatable bonds is 9. The lowest BCUT2D eigenvalue weighted by atomic mass is 10.1. The number of unbranched alkanes of at least 4 members (excludes halogenated alkanes) is 2. The van der Waals surface area contributed by atoms with E-state index in [-0.39, 0.29) is 12.6 Å². The third-order valence-electron chi connectivity index (χ3n) is 3.05. The zero-order valence-corrected chi connectivity index (χ0v) is 11.6. The van der Waals surface area contributed by atoms with Crippen molar-refractivity contribution in [1.82, 2.24) is 5.32 Å². The molecule has 2 atom stereocenters. The van der Waals surface area contributed by atoms with E-state index in [0.29, 0.717) is 6.54 Å². The van der Waals surface area contributed by atoms with Crippen LogP contribution in [0.5, 0.6) is 0 Å². The summed E-state index contributed by atoms with van der Waals surface area (Å²) in [5, 5.41) is 22.1. The van der Waals surface area contributed by atoms with Crippen LogP contribution in [0.3, 0.4) is 0 Å². The second-order valence-electron chi connectivity index (χ2n) is 4.71. The van der Waals surface area contributed by atoms with Crippen molar-refractivity contribution in [3.63, 3.8) is 0 Å². The Morgan fingerprint density at radius 1 is 1.26 bits per heavy atom. The van der Waals surface area contributed by atoms with Crippen LogP contribution >= 0.6 is 0 Å². The van der Waals surface area contributed by atoms with Gasteiger partial charge in [0.05, 0.1) is 18.8 Å². The first kappa shape index (κ1) is 15.9. The van der Waals surface area contributed by atoms with Gasteiger partial charge in [0.25, 0.3) is 0 Å². The number of hydrogen-bond donors (Lipinski definition) is 3. The van der Waals surface area contributed by atoms with Crippen molar-refractivity contribution in [2.75, 3.05) is 6.61 Å². The molecule has 0 spiro atoms. The Balaban J connectivity index is 2.47. The molecule has 106 valence electrons. The highest BCUT2D eigenvalue weighted by Gasteiger charge is 2.14. The molecule has 3 N–H and O–H groups in total. The molecule has 1 aromatic carbocycles. The van der Waals surface area contributed by atoms with E-state index in [9.17, 15) is 5.11 Å². The van der Waals surface area contributed by atoms with Crippen LogP contribution in [0.15, 0.2) is 42.5 Å². The number of nitrogens with one attached hydrogen (secondary N) is 1. The van der Waals surface area contributed by atoms with Crippen LogP contribution in [0.25, 0.3) is 0 Å². The van der Waals surface area contributed by atoms with Gasteiger partial charge in [-0.05, 0) is 12.0 Å². The molecular formula is C16H25NO2. The van der Waals surface area contributed by atoms with Crippen molar-refractivity contribution in [2.45, 2.75) is 44.9 Å². The molecule has 0 aliphatic heterocycles. The van der Waals surface area contributed by atoms with Gasteiger partial charge in [0.15, 0.2) is 0 Å². The van der Waals surface area contributed by atoms with E-state index in [4.69, 9.17) is 5.11 Å². The first-order valence-electron chi connectivity index (χ1n) is 7.00. The number of aliphatic hydroxyl groups is 2. The molecule has 3 heteroatoms. The van der Waals surface area contributed by atoms with Crippen LogP contribution in [0.2, 0.25) is 0 Å². The SMILES string of the molecule is CCCC/C=C/C(NCc1ccccc1)C(O)CO. The molecule has 1 aromatic rings. The van der Waals surface area contributed by atoms with Crippen LogP contribution in [-0.2, 0) is 6.54 Å². The highest BCUT2D eigenvalue weighted by Crippen LogP contribution is 2.03. The lowest BCUT2D eigenvalue weighted by molar-refractivity contribution is 0.0752. The minimum absolute atomic E-state index is 0.206. The third-order valence-corrected chi connectivity index (χ3v) is 3.05. The maximum absolute atomic E-state index is 9.79. The normalized spacial score (nSPS) is 14.7. The first-order valence-corrected chi connectivity index (χ1v) is 7.00. The second kappa shape index (κ2) is 9.73. The summed E-state index contributed by atoms with van der Waals surface area (Å²) >= 11 is 0. The maximum Gasteiger partial charge on any atom is 0.0959 e. The number of allylic oxidation sites excluding steroid dienone is 1. The summed E-state index contributed by atoms with van der Waals surface area (Å²) in [6, 6.07) is 9.83. The minimum Gasteiger partial charge on any atom is -0.394 e. The van der Waals surface area contributed by atoms with Gasteiger partial charge in [0.1, 0.15) is 0 Å². The molecule has 2 unspecified atom stereocenters. The molecule has 0 amide bonds.